The number of nitrogens with zero attached hydrogens (tertiary/aromatic N) is 3. The summed E-state index contributed by atoms with van der Waals surface area (Å²) < 4.78 is 0. The normalized spacial score (nSPS) is 10.4. The highest BCUT2D eigenvalue weighted by Crippen LogP contribution is 2.13. The second-order valence-corrected chi connectivity index (χ2v) is 3.79. The minimum atomic E-state index is 0.287. The SMILES string of the molecule is [O-][n+]1nc(Nc2ccccc2)nc2ccccc21. The van der Waals surface area contributed by atoms with E-state index in [1.54, 1.807) is 18.2 Å². The molecule has 1 heterocycles. The fourth-order valence-corrected chi connectivity index (χ4v) is 1.70. The zero-order chi connectivity index (χ0) is 12.4. The van der Waals surface area contributed by atoms with Crippen LogP contribution in [0.25, 0.3) is 11.0 Å². The lowest BCUT2D eigenvalue weighted by atomic mass is 10.3. The van der Waals surface area contributed by atoms with E-state index in [1.807, 2.05) is 36.4 Å². The van der Waals surface area contributed by atoms with Crippen LogP contribution in [0.1, 0.15) is 0 Å². The van der Waals surface area contributed by atoms with E-state index in [4.69, 9.17) is 0 Å². The van der Waals surface area contributed by atoms with E-state index in [0.29, 0.717) is 15.9 Å². The smallest absolute Gasteiger partial charge is 0.295 e. The van der Waals surface area contributed by atoms with Crippen LogP contribution >= 0.6 is 0 Å². The number of hydrogen-bond donors (Lipinski definition) is 1. The van der Waals surface area contributed by atoms with Gasteiger partial charge in [-0.3, -0.25) is 0 Å². The average molecular weight is 238 g/mol. The summed E-state index contributed by atoms with van der Waals surface area (Å²) in [5.74, 6) is 0.287. The number of benzene rings is 2. The van der Waals surface area contributed by atoms with Crippen molar-refractivity contribution in [3.8, 4) is 0 Å². The standard InChI is InChI=1S/C13H10N4O/c18-17-12-9-5-4-8-11(12)15-13(16-17)14-10-6-2-1-3-7-10/h1-9H,(H,14,15,16). The van der Waals surface area contributed by atoms with Crippen molar-refractivity contribution in [3.05, 3.63) is 59.8 Å². The Balaban J connectivity index is 2.03. The first kappa shape index (κ1) is 10.5. The van der Waals surface area contributed by atoms with Crippen molar-refractivity contribution in [2.24, 2.45) is 0 Å². The van der Waals surface area contributed by atoms with Crippen LogP contribution in [-0.2, 0) is 0 Å². The Bertz CT molecular complexity index is 685. The Morgan fingerprint density at radius 2 is 1.67 bits per heavy atom. The van der Waals surface area contributed by atoms with E-state index < -0.39 is 0 Å². The van der Waals surface area contributed by atoms with Gasteiger partial charge in [0, 0.05) is 11.8 Å². The number of para-hydroxylation sites is 3. The summed E-state index contributed by atoms with van der Waals surface area (Å²) in [6.45, 7) is 0. The number of anilines is 2. The highest BCUT2D eigenvalue weighted by Gasteiger charge is 2.09. The second-order valence-electron chi connectivity index (χ2n) is 3.79. The van der Waals surface area contributed by atoms with Gasteiger partial charge in [0.1, 0.15) is 5.52 Å². The van der Waals surface area contributed by atoms with Gasteiger partial charge in [-0.25, -0.2) is 4.98 Å². The van der Waals surface area contributed by atoms with Crippen LogP contribution in [0, 0.1) is 5.21 Å². The molecule has 5 heteroatoms. The van der Waals surface area contributed by atoms with Gasteiger partial charge in [-0.1, -0.05) is 30.3 Å². The monoisotopic (exact) mass is 238 g/mol. The minimum Gasteiger partial charge on any atom is -0.594 e. The molecule has 0 aliphatic carbocycles. The van der Waals surface area contributed by atoms with Crippen LogP contribution in [0.2, 0.25) is 0 Å². The molecule has 0 atom stereocenters. The van der Waals surface area contributed by atoms with E-state index >= 15 is 0 Å². The minimum absolute atomic E-state index is 0.287. The topological polar surface area (TPSA) is 64.8 Å². The lowest BCUT2D eigenvalue weighted by Crippen LogP contribution is -2.33. The van der Waals surface area contributed by atoms with Gasteiger partial charge in [-0.05, 0) is 23.0 Å². The van der Waals surface area contributed by atoms with Crippen LogP contribution in [-0.4, -0.2) is 10.1 Å². The Labute approximate surface area is 103 Å². The first-order valence-electron chi connectivity index (χ1n) is 5.52. The molecule has 0 unspecified atom stereocenters. The zero-order valence-corrected chi connectivity index (χ0v) is 9.45. The van der Waals surface area contributed by atoms with E-state index in [1.165, 1.54) is 0 Å². The van der Waals surface area contributed by atoms with Gasteiger partial charge in [0.05, 0.1) is 5.10 Å². The molecule has 3 aromatic rings. The number of hydrogen-bond acceptors (Lipinski definition) is 4. The van der Waals surface area contributed by atoms with E-state index in [9.17, 15) is 5.21 Å². The molecular formula is C13H10N4O. The first-order valence-corrected chi connectivity index (χ1v) is 5.52. The molecule has 0 aliphatic rings. The van der Waals surface area contributed by atoms with Crippen LogP contribution in [0.3, 0.4) is 0 Å². The van der Waals surface area contributed by atoms with Crippen LogP contribution < -0.4 is 10.2 Å². The van der Waals surface area contributed by atoms with Crippen molar-refractivity contribution < 1.29 is 4.85 Å². The van der Waals surface area contributed by atoms with Gasteiger partial charge in [-0.2, -0.15) is 0 Å². The fraction of sp³-hybridized carbons (Fsp3) is 0. The van der Waals surface area contributed by atoms with E-state index in [2.05, 4.69) is 15.4 Å². The molecule has 88 valence electrons. The van der Waals surface area contributed by atoms with Crippen molar-refractivity contribution in [2.75, 3.05) is 5.32 Å². The highest BCUT2D eigenvalue weighted by molar-refractivity contribution is 5.71. The van der Waals surface area contributed by atoms with Crippen LogP contribution in [0.4, 0.5) is 11.6 Å². The average Bonchev–Trinajstić information content (AvgIpc) is 2.40. The van der Waals surface area contributed by atoms with Gasteiger partial charge >= 0.3 is 0 Å². The number of nitrogens with one attached hydrogen (secondary N) is 1. The number of aromatic nitrogens is 3. The Morgan fingerprint density at radius 1 is 0.944 bits per heavy atom. The molecule has 0 radical (unpaired) electrons. The summed E-state index contributed by atoms with van der Waals surface area (Å²) >= 11 is 0. The van der Waals surface area contributed by atoms with Crippen molar-refractivity contribution in [1.82, 2.24) is 10.1 Å². The highest BCUT2D eigenvalue weighted by atomic mass is 16.5. The molecule has 0 aliphatic heterocycles. The number of rotatable bonds is 2. The van der Waals surface area contributed by atoms with Crippen LogP contribution in [0.5, 0.6) is 0 Å². The molecule has 5 nitrogen and oxygen atoms in total. The van der Waals surface area contributed by atoms with Crippen molar-refractivity contribution in [3.63, 3.8) is 0 Å². The Hall–Kier alpha value is -2.69. The molecule has 0 amide bonds. The van der Waals surface area contributed by atoms with Crippen molar-refractivity contribution in [1.29, 1.82) is 0 Å². The van der Waals surface area contributed by atoms with Crippen LogP contribution in [0.15, 0.2) is 54.6 Å². The molecule has 18 heavy (non-hydrogen) atoms. The second kappa shape index (κ2) is 4.29. The summed E-state index contributed by atoms with van der Waals surface area (Å²) in [5, 5.41) is 18.5. The molecule has 0 spiro atoms. The molecule has 0 saturated carbocycles. The van der Waals surface area contributed by atoms with E-state index in [0.717, 1.165) is 5.69 Å². The fourth-order valence-electron chi connectivity index (χ4n) is 1.70. The van der Waals surface area contributed by atoms with Crippen molar-refractivity contribution in [2.45, 2.75) is 0 Å². The molecule has 3 rings (SSSR count). The van der Waals surface area contributed by atoms with Gasteiger partial charge < -0.3 is 10.5 Å². The summed E-state index contributed by atoms with van der Waals surface area (Å²) in [5.41, 5.74) is 1.91. The van der Waals surface area contributed by atoms with E-state index in [-0.39, 0.29) is 5.95 Å². The number of fused-ring (bicyclic) bond motifs is 1. The molecule has 2 aromatic carbocycles. The van der Waals surface area contributed by atoms with Crippen molar-refractivity contribution >= 4 is 22.7 Å². The lowest BCUT2D eigenvalue weighted by molar-refractivity contribution is -0.641. The molecule has 0 bridgehead atoms. The first-order chi connectivity index (χ1) is 8.83. The molecule has 0 fully saturated rings. The maximum absolute atomic E-state index is 11.7. The lowest BCUT2D eigenvalue weighted by Gasteiger charge is -2.04. The zero-order valence-electron chi connectivity index (χ0n) is 9.45. The Morgan fingerprint density at radius 3 is 2.50 bits per heavy atom. The Kier molecular flexibility index (Phi) is 2.49. The summed E-state index contributed by atoms with van der Waals surface area (Å²) in [6.07, 6.45) is 0. The summed E-state index contributed by atoms with van der Waals surface area (Å²) in [7, 11) is 0. The third-order valence-electron chi connectivity index (χ3n) is 2.53. The third-order valence-corrected chi connectivity index (χ3v) is 2.53. The van der Waals surface area contributed by atoms with Gasteiger partial charge in [0.2, 0.25) is 0 Å². The van der Waals surface area contributed by atoms with Gasteiger partial charge in [-0.15, -0.1) is 0 Å². The largest absolute Gasteiger partial charge is 0.594 e. The van der Waals surface area contributed by atoms with Gasteiger partial charge in [0.25, 0.3) is 11.5 Å². The van der Waals surface area contributed by atoms with Gasteiger partial charge in [0.15, 0.2) is 0 Å². The quantitative estimate of drug-likeness (QED) is 0.548. The molecular weight excluding hydrogens is 228 g/mol. The third kappa shape index (κ3) is 1.93. The predicted molar refractivity (Wildman–Crippen MR) is 68.2 cm³/mol. The molecule has 1 N–H and O–H groups in total. The molecule has 1 aromatic heterocycles. The predicted octanol–water partition coefficient (Wildman–Crippen LogP) is 2.01. The maximum atomic E-state index is 11.7. The summed E-state index contributed by atoms with van der Waals surface area (Å²) in [4.78, 5) is 4.87. The maximum Gasteiger partial charge on any atom is 0.295 e. The summed E-state index contributed by atoms with van der Waals surface area (Å²) in [6, 6.07) is 16.6. The molecule has 0 saturated heterocycles.